The molecule has 1 aromatic rings. The summed E-state index contributed by atoms with van der Waals surface area (Å²) in [7, 11) is 0. The molecule has 3 nitrogen and oxygen atoms in total. The molecule has 1 aliphatic heterocycles. The standard InChI is InChI=1S/C17H24N2O/c1-2-17(20)13-18-9-11-19(12-10-18)16-7-5-15(6-8-16)14-3-4-14/h2,5-8,14,17,20H,1,3-4,9-13H2/t17-/m0/s1. The molecular formula is C17H24N2O. The summed E-state index contributed by atoms with van der Waals surface area (Å²) in [5.41, 5.74) is 2.83. The van der Waals surface area contributed by atoms with Gasteiger partial charge in [-0.05, 0) is 36.5 Å². The van der Waals surface area contributed by atoms with Crippen LogP contribution >= 0.6 is 0 Å². The predicted molar refractivity (Wildman–Crippen MR) is 83.3 cm³/mol. The minimum absolute atomic E-state index is 0.403. The molecule has 0 radical (unpaired) electrons. The maximum Gasteiger partial charge on any atom is 0.0845 e. The summed E-state index contributed by atoms with van der Waals surface area (Å²) >= 11 is 0. The smallest absolute Gasteiger partial charge is 0.0845 e. The van der Waals surface area contributed by atoms with Crippen LogP contribution in [-0.4, -0.2) is 48.8 Å². The molecule has 1 saturated carbocycles. The van der Waals surface area contributed by atoms with E-state index in [2.05, 4.69) is 40.6 Å². The highest BCUT2D eigenvalue weighted by Gasteiger charge is 2.23. The molecule has 3 heteroatoms. The van der Waals surface area contributed by atoms with E-state index in [4.69, 9.17) is 0 Å². The summed E-state index contributed by atoms with van der Waals surface area (Å²) in [6.07, 6.45) is 3.94. The highest BCUT2D eigenvalue weighted by molar-refractivity contribution is 5.49. The van der Waals surface area contributed by atoms with Crippen molar-refractivity contribution in [1.29, 1.82) is 0 Å². The average molecular weight is 272 g/mol. The fourth-order valence-electron chi connectivity index (χ4n) is 2.90. The number of nitrogens with zero attached hydrogens (tertiary/aromatic N) is 2. The van der Waals surface area contributed by atoms with E-state index in [0.29, 0.717) is 6.54 Å². The third-order valence-electron chi connectivity index (χ3n) is 4.40. The van der Waals surface area contributed by atoms with Gasteiger partial charge in [0.05, 0.1) is 6.10 Å². The lowest BCUT2D eigenvalue weighted by atomic mass is 10.1. The minimum Gasteiger partial charge on any atom is -0.388 e. The molecular weight excluding hydrogens is 248 g/mol. The molecule has 0 unspecified atom stereocenters. The maximum absolute atomic E-state index is 9.61. The number of piperazine rings is 1. The Balaban J connectivity index is 1.53. The summed E-state index contributed by atoms with van der Waals surface area (Å²) in [6.45, 7) is 8.42. The number of β-amino-alcohol motifs (C(OH)–C–C–N with tert-alkyl or cyclic N) is 1. The van der Waals surface area contributed by atoms with Gasteiger partial charge in [-0.15, -0.1) is 6.58 Å². The molecule has 20 heavy (non-hydrogen) atoms. The first-order valence-electron chi connectivity index (χ1n) is 7.64. The van der Waals surface area contributed by atoms with Crippen LogP contribution in [0.5, 0.6) is 0 Å². The van der Waals surface area contributed by atoms with Crippen molar-refractivity contribution in [2.75, 3.05) is 37.6 Å². The molecule has 108 valence electrons. The lowest BCUT2D eigenvalue weighted by Crippen LogP contribution is -2.48. The molecule has 1 aromatic carbocycles. The largest absolute Gasteiger partial charge is 0.388 e. The maximum atomic E-state index is 9.61. The van der Waals surface area contributed by atoms with E-state index in [1.165, 1.54) is 24.1 Å². The lowest BCUT2D eigenvalue weighted by molar-refractivity contribution is 0.142. The van der Waals surface area contributed by atoms with Crippen molar-refractivity contribution in [3.8, 4) is 0 Å². The van der Waals surface area contributed by atoms with E-state index in [9.17, 15) is 5.11 Å². The first-order chi connectivity index (χ1) is 9.76. The van der Waals surface area contributed by atoms with Crippen molar-refractivity contribution in [3.63, 3.8) is 0 Å². The number of aliphatic hydroxyl groups excluding tert-OH is 1. The van der Waals surface area contributed by atoms with Crippen molar-refractivity contribution in [1.82, 2.24) is 4.90 Å². The number of benzene rings is 1. The van der Waals surface area contributed by atoms with Crippen LogP contribution in [-0.2, 0) is 0 Å². The Morgan fingerprint density at radius 2 is 1.80 bits per heavy atom. The lowest BCUT2D eigenvalue weighted by Gasteiger charge is -2.36. The second kappa shape index (κ2) is 5.98. The summed E-state index contributed by atoms with van der Waals surface area (Å²) in [6, 6.07) is 9.12. The topological polar surface area (TPSA) is 26.7 Å². The van der Waals surface area contributed by atoms with Gasteiger partial charge in [0.25, 0.3) is 0 Å². The van der Waals surface area contributed by atoms with Gasteiger partial charge >= 0.3 is 0 Å². The van der Waals surface area contributed by atoms with Crippen molar-refractivity contribution >= 4 is 5.69 Å². The van der Waals surface area contributed by atoms with Gasteiger partial charge in [-0.2, -0.15) is 0 Å². The fraction of sp³-hybridized carbons (Fsp3) is 0.529. The van der Waals surface area contributed by atoms with E-state index in [1.54, 1.807) is 6.08 Å². The van der Waals surface area contributed by atoms with Gasteiger partial charge in [0, 0.05) is 38.4 Å². The van der Waals surface area contributed by atoms with E-state index in [0.717, 1.165) is 32.1 Å². The first kappa shape index (κ1) is 13.7. The zero-order chi connectivity index (χ0) is 13.9. The highest BCUT2D eigenvalue weighted by atomic mass is 16.3. The Morgan fingerprint density at radius 3 is 2.35 bits per heavy atom. The molecule has 1 atom stereocenters. The highest BCUT2D eigenvalue weighted by Crippen LogP contribution is 2.40. The van der Waals surface area contributed by atoms with Gasteiger partial charge in [0.1, 0.15) is 0 Å². The van der Waals surface area contributed by atoms with Crippen LogP contribution in [0.15, 0.2) is 36.9 Å². The molecule has 1 N–H and O–H groups in total. The predicted octanol–water partition coefficient (Wildman–Crippen LogP) is 2.23. The van der Waals surface area contributed by atoms with Crippen LogP contribution in [0.4, 0.5) is 5.69 Å². The van der Waals surface area contributed by atoms with E-state index < -0.39 is 6.10 Å². The van der Waals surface area contributed by atoms with Crippen LogP contribution in [0, 0.1) is 0 Å². The van der Waals surface area contributed by atoms with Gasteiger partial charge in [-0.1, -0.05) is 18.2 Å². The Hall–Kier alpha value is -1.32. The molecule has 0 spiro atoms. The number of aliphatic hydroxyl groups is 1. The molecule has 0 amide bonds. The molecule has 2 fully saturated rings. The Kier molecular flexibility index (Phi) is 4.08. The van der Waals surface area contributed by atoms with Gasteiger partial charge in [0.15, 0.2) is 0 Å². The van der Waals surface area contributed by atoms with Crippen LogP contribution in [0.3, 0.4) is 0 Å². The molecule has 1 heterocycles. The molecule has 0 bridgehead atoms. The molecule has 2 aliphatic rings. The minimum atomic E-state index is -0.403. The number of hydrogen-bond donors (Lipinski definition) is 1. The summed E-state index contributed by atoms with van der Waals surface area (Å²) in [4.78, 5) is 4.74. The molecule has 1 aliphatic carbocycles. The monoisotopic (exact) mass is 272 g/mol. The number of anilines is 1. The van der Waals surface area contributed by atoms with E-state index >= 15 is 0 Å². The Bertz CT molecular complexity index is 445. The molecule has 1 saturated heterocycles. The van der Waals surface area contributed by atoms with E-state index in [-0.39, 0.29) is 0 Å². The fourth-order valence-corrected chi connectivity index (χ4v) is 2.90. The van der Waals surface area contributed by atoms with Crippen LogP contribution in [0.2, 0.25) is 0 Å². The summed E-state index contributed by atoms with van der Waals surface area (Å²) in [5, 5.41) is 9.61. The van der Waals surface area contributed by atoms with Crippen LogP contribution < -0.4 is 4.90 Å². The molecule has 3 rings (SSSR count). The summed E-state index contributed by atoms with van der Waals surface area (Å²) < 4.78 is 0. The van der Waals surface area contributed by atoms with Gasteiger partial charge in [0.2, 0.25) is 0 Å². The van der Waals surface area contributed by atoms with Crippen molar-refractivity contribution in [3.05, 3.63) is 42.5 Å². The zero-order valence-electron chi connectivity index (χ0n) is 12.0. The van der Waals surface area contributed by atoms with Gasteiger partial charge < -0.3 is 10.0 Å². The summed E-state index contributed by atoms with van der Waals surface area (Å²) in [5.74, 6) is 0.835. The third kappa shape index (κ3) is 3.22. The van der Waals surface area contributed by atoms with Gasteiger partial charge in [-0.25, -0.2) is 0 Å². The average Bonchev–Trinajstić information content (AvgIpc) is 3.33. The van der Waals surface area contributed by atoms with Gasteiger partial charge in [-0.3, -0.25) is 4.90 Å². The van der Waals surface area contributed by atoms with Crippen molar-refractivity contribution < 1.29 is 5.11 Å². The number of hydrogen-bond acceptors (Lipinski definition) is 3. The normalized spacial score (nSPS) is 21.8. The third-order valence-corrected chi connectivity index (χ3v) is 4.40. The SMILES string of the molecule is C=C[C@H](O)CN1CCN(c2ccc(C3CC3)cc2)CC1. The van der Waals surface area contributed by atoms with Crippen molar-refractivity contribution in [2.24, 2.45) is 0 Å². The Morgan fingerprint density at radius 1 is 1.15 bits per heavy atom. The quantitative estimate of drug-likeness (QED) is 0.833. The molecule has 0 aromatic heterocycles. The van der Waals surface area contributed by atoms with Crippen molar-refractivity contribution in [2.45, 2.75) is 24.9 Å². The second-order valence-electron chi connectivity index (χ2n) is 5.96. The van der Waals surface area contributed by atoms with Crippen LogP contribution in [0.1, 0.15) is 24.3 Å². The zero-order valence-corrected chi connectivity index (χ0v) is 12.0. The van der Waals surface area contributed by atoms with Crippen LogP contribution in [0.25, 0.3) is 0 Å². The first-order valence-corrected chi connectivity index (χ1v) is 7.64. The van der Waals surface area contributed by atoms with E-state index in [1.807, 2.05) is 0 Å². The Labute approximate surface area is 121 Å². The second-order valence-corrected chi connectivity index (χ2v) is 5.96. The number of rotatable bonds is 5.